The number of carbonyl (C=O) groups excluding carboxylic acids is 1. The normalized spacial score (nSPS) is 11.5. The summed E-state index contributed by atoms with van der Waals surface area (Å²) in [6.07, 6.45) is 0. The van der Waals surface area contributed by atoms with Gasteiger partial charge in [-0.3, -0.25) is 4.79 Å². The molecular formula is C9H6BrF3O. The molecule has 0 aromatic heterocycles. The molecule has 0 bridgehead atoms. The highest BCUT2D eigenvalue weighted by Crippen LogP contribution is 2.33. The fraction of sp³-hybridized carbons (Fsp3) is 0.222. The summed E-state index contributed by atoms with van der Waals surface area (Å²) in [7, 11) is 0. The molecule has 0 N–H and O–H groups in total. The molecule has 5 heteroatoms. The van der Waals surface area contributed by atoms with Gasteiger partial charge in [0.05, 0.1) is 10.0 Å². The quantitative estimate of drug-likeness (QED) is 0.803. The number of Topliss-reactive ketones (excluding diaryl/α,β-unsaturated/α-hetero) is 1. The van der Waals surface area contributed by atoms with E-state index < -0.39 is 23.1 Å². The van der Waals surface area contributed by atoms with Crippen molar-refractivity contribution in [2.75, 3.05) is 0 Å². The van der Waals surface area contributed by atoms with Gasteiger partial charge in [-0.05, 0) is 28.1 Å². The van der Waals surface area contributed by atoms with Gasteiger partial charge in [-0.1, -0.05) is 6.07 Å². The summed E-state index contributed by atoms with van der Waals surface area (Å²) in [5.41, 5.74) is -0.903. The van der Waals surface area contributed by atoms with Gasteiger partial charge < -0.3 is 0 Å². The number of hydrogen-bond donors (Lipinski definition) is 0. The monoisotopic (exact) mass is 266 g/mol. The van der Waals surface area contributed by atoms with Crippen LogP contribution in [-0.4, -0.2) is 5.78 Å². The Morgan fingerprint density at radius 1 is 1.43 bits per heavy atom. The second kappa shape index (κ2) is 3.73. The van der Waals surface area contributed by atoms with Crippen LogP contribution in [-0.2, 0) is 10.7 Å². The summed E-state index contributed by atoms with van der Waals surface area (Å²) in [6.45, 7) is 0.723. The van der Waals surface area contributed by atoms with E-state index in [4.69, 9.17) is 0 Å². The molecule has 0 saturated heterocycles. The Morgan fingerprint density at radius 3 is 2.50 bits per heavy atom. The zero-order valence-corrected chi connectivity index (χ0v) is 8.74. The van der Waals surface area contributed by atoms with E-state index in [0.29, 0.717) is 0 Å². The van der Waals surface area contributed by atoms with Crippen molar-refractivity contribution in [3.63, 3.8) is 0 Å². The molecule has 76 valence electrons. The van der Waals surface area contributed by atoms with Crippen LogP contribution in [0.5, 0.6) is 0 Å². The average Bonchev–Trinajstić information content (AvgIpc) is 2.09. The summed E-state index contributed by atoms with van der Waals surface area (Å²) in [5.74, 6) is -6.25. The van der Waals surface area contributed by atoms with Crippen molar-refractivity contribution < 1.29 is 18.0 Å². The lowest BCUT2D eigenvalue weighted by Crippen LogP contribution is -2.24. The van der Waals surface area contributed by atoms with Gasteiger partial charge in [0, 0.05) is 6.92 Å². The van der Waals surface area contributed by atoms with Crippen molar-refractivity contribution in [1.82, 2.24) is 0 Å². The van der Waals surface area contributed by atoms with E-state index in [1.54, 1.807) is 0 Å². The number of benzene rings is 1. The van der Waals surface area contributed by atoms with Crippen LogP contribution in [0, 0.1) is 5.82 Å². The fourth-order valence-electron chi connectivity index (χ4n) is 0.936. The van der Waals surface area contributed by atoms with Crippen LogP contribution in [0.15, 0.2) is 22.7 Å². The smallest absolute Gasteiger partial charge is 0.293 e. The van der Waals surface area contributed by atoms with Gasteiger partial charge in [-0.2, -0.15) is 8.78 Å². The van der Waals surface area contributed by atoms with Crippen LogP contribution < -0.4 is 0 Å². The predicted octanol–water partition coefficient (Wildman–Crippen LogP) is 3.27. The molecule has 0 amide bonds. The summed E-state index contributed by atoms with van der Waals surface area (Å²) in [4.78, 5) is 10.6. The summed E-state index contributed by atoms with van der Waals surface area (Å²) in [6, 6.07) is 3.43. The zero-order chi connectivity index (χ0) is 10.9. The Balaban J connectivity index is 3.33. The number of carbonyl (C=O) groups is 1. The molecule has 0 spiro atoms. The third kappa shape index (κ3) is 1.82. The topological polar surface area (TPSA) is 17.1 Å². The van der Waals surface area contributed by atoms with Gasteiger partial charge in [-0.15, -0.1) is 0 Å². The molecule has 0 aliphatic rings. The molecule has 0 radical (unpaired) electrons. The second-order valence-corrected chi connectivity index (χ2v) is 3.59. The zero-order valence-electron chi connectivity index (χ0n) is 7.15. The summed E-state index contributed by atoms with van der Waals surface area (Å²) < 4.78 is 39.3. The van der Waals surface area contributed by atoms with E-state index in [9.17, 15) is 18.0 Å². The highest BCUT2D eigenvalue weighted by molar-refractivity contribution is 9.10. The van der Waals surface area contributed by atoms with E-state index in [1.165, 1.54) is 12.1 Å². The van der Waals surface area contributed by atoms with Crippen LogP contribution in [0.25, 0.3) is 0 Å². The van der Waals surface area contributed by atoms with Gasteiger partial charge in [0.15, 0.2) is 0 Å². The first-order chi connectivity index (χ1) is 6.37. The number of alkyl halides is 2. The third-order valence-corrected chi connectivity index (χ3v) is 2.34. The van der Waals surface area contributed by atoms with Gasteiger partial charge in [0.2, 0.25) is 5.78 Å². The molecule has 1 rings (SSSR count). The van der Waals surface area contributed by atoms with E-state index in [0.717, 1.165) is 13.0 Å². The third-order valence-electron chi connectivity index (χ3n) is 1.73. The van der Waals surface area contributed by atoms with Crippen LogP contribution in [0.2, 0.25) is 0 Å². The van der Waals surface area contributed by atoms with Gasteiger partial charge in [0.25, 0.3) is 0 Å². The molecule has 1 nitrogen and oxygen atoms in total. The van der Waals surface area contributed by atoms with E-state index in [-0.39, 0.29) is 4.47 Å². The highest BCUT2D eigenvalue weighted by atomic mass is 79.9. The Hall–Kier alpha value is -0.840. The lowest BCUT2D eigenvalue weighted by Gasteiger charge is -2.14. The number of rotatable bonds is 2. The molecule has 0 aliphatic carbocycles. The lowest BCUT2D eigenvalue weighted by molar-refractivity contribution is -0.142. The molecule has 0 saturated carbocycles. The van der Waals surface area contributed by atoms with E-state index in [2.05, 4.69) is 15.9 Å². The maximum atomic E-state index is 13.2. The Labute approximate surface area is 87.1 Å². The highest BCUT2D eigenvalue weighted by Gasteiger charge is 2.40. The first-order valence-corrected chi connectivity index (χ1v) is 4.50. The first-order valence-electron chi connectivity index (χ1n) is 3.70. The minimum absolute atomic E-state index is 0.0871. The van der Waals surface area contributed by atoms with Crippen molar-refractivity contribution in [3.8, 4) is 0 Å². The van der Waals surface area contributed by atoms with Gasteiger partial charge in [-0.25, -0.2) is 4.39 Å². The second-order valence-electron chi connectivity index (χ2n) is 2.73. The van der Waals surface area contributed by atoms with Crippen LogP contribution in [0.3, 0.4) is 0 Å². The standard InChI is InChI=1S/C9H6BrF3O/c1-5(14)9(12,13)6-3-2-4-7(10)8(6)11/h2-4H,1H3. The molecule has 0 atom stereocenters. The maximum Gasteiger partial charge on any atom is 0.333 e. The molecule has 14 heavy (non-hydrogen) atoms. The van der Waals surface area contributed by atoms with E-state index in [1.807, 2.05) is 0 Å². The number of ketones is 1. The number of hydrogen-bond acceptors (Lipinski definition) is 1. The minimum atomic E-state index is -3.77. The minimum Gasteiger partial charge on any atom is -0.293 e. The molecule has 0 aliphatic heterocycles. The Kier molecular flexibility index (Phi) is 2.99. The molecule has 0 unspecified atom stereocenters. The molecule has 1 aromatic rings. The van der Waals surface area contributed by atoms with Crippen molar-refractivity contribution in [2.45, 2.75) is 12.8 Å². The van der Waals surface area contributed by atoms with Crippen molar-refractivity contribution in [1.29, 1.82) is 0 Å². The predicted molar refractivity (Wildman–Crippen MR) is 48.7 cm³/mol. The molecular weight excluding hydrogens is 261 g/mol. The van der Waals surface area contributed by atoms with Crippen molar-refractivity contribution >= 4 is 21.7 Å². The Morgan fingerprint density at radius 2 is 2.00 bits per heavy atom. The Bertz CT molecular complexity index is 376. The van der Waals surface area contributed by atoms with Crippen LogP contribution in [0.4, 0.5) is 13.2 Å². The SMILES string of the molecule is CC(=O)C(F)(F)c1cccc(Br)c1F. The van der Waals surface area contributed by atoms with Crippen LogP contribution >= 0.6 is 15.9 Å². The fourth-order valence-corrected chi connectivity index (χ4v) is 1.30. The average molecular weight is 267 g/mol. The first kappa shape index (κ1) is 11.2. The summed E-state index contributed by atoms with van der Waals surface area (Å²) >= 11 is 2.77. The molecule has 1 aromatic carbocycles. The van der Waals surface area contributed by atoms with E-state index >= 15 is 0 Å². The molecule has 0 fully saturated rings. The van der Waals surface area contributed by atoms with Gasteiger partial charge >= 0.3 is 5.92 Å². The lowest BCUT2D eigenvalue weighted by atomic mass is 10.1. The number of halogens is 4. The van der Waals surface area contributed by atoms with Crippen molar-refractivity contribution in [2.24, 2.45) is 0 Å². The van der Waals surface area contributed by atoms with Crippen LogP contribution in [0.1, 0.15) is 12.5 Å². The maximum absolute atomic E-state index is 13.2. The van der Waals surface area contributed by atoms with Crippen molar-refractivity contribution in [3.05, 3.63) is 34.1 Å². The largest absolute Gasteiger partial charge is 0.333 e. The summed E-state index contributed by atoms with van der Waals surface area (Å²) in [5, 5.41) is 0. The molecule has 0 heterocycles. The van der Waals surface area contributed by atoms with Gasteiger partial charge in [0.1, 0.15) is 5.82 Å².